The molecule has 0 unspecified atom stereocenters. The number of thioether (sulfide) groups is 1. The lowest BCUT2D eigenvalue weighted by Gasteiger charge is -2.47. The van der Waals surface area contributed by atoms with Gasteiger partial charge in [0.15, 0.2) is 0 Å². The number of imide groups is 1. The third kappa shape index (κ3) is 2.31. The van der Waals surface area contributed by atoms with Crippen LogP contribution >= 0.6 is 23.1 Å². The number of aliphatic carboxylic acids is 1. The van der Waals surface area contributed by atoms with E-state index in [1.807, 2.05) is 0 Å². The molecule has 9 heteroatoms. The van der Waals surface area contributed by atoms with Crippen molar-refractivity contribution >= 4 is 40.9 Å². The first-order chi connectivity index (χ1) is 13.6. The van der Waals surface area contributed by atoms with Crippen LogP contribution in [0.25, 0.3) is 0 Å². The molecule has 3 heterocycles. The monoisotopic (exact) mass is 436 g/mol. The summed E-state index contributed by atoms with van der Waals surface area (Å²) in [6.07, 6.45) is 0.824. The van der Waals surface area contributed by atoms with Crippen LogP contribution in [0.2, 0.25) is 0 Å². The molecule has 29 heavy (non-hydrogen) atoms. The Labute approximate surface area is 176 Å². The molecule has 4 aliphatic rings. The Kier molecular flexibility index (Phi) is 3.98. The molecule has 5 rings (SSSR count). The Morgan fingerprint density at radius 3 is 2.38 bits per heavy atom. The average molecular weight is 437 g/mol. The molecular weight excluding hydrogens is 412 g/mol. The van der Waals surface area contributed by atoms with Crippen molar-refractivity contribution < 1.29 is 19.5 Å². The Morgan fingerprint density at radius 1 is 1.17 bits per heavy atom. The molecular formula is C20H24N2O5S2. The van der Waals surface area contributed by atoms with Crippen LogP contribution in [-0.4, -0.2) is 44.1 Å². The number of carboxylic acid groups (broad SMARTS) is 1. The van der Waals surface area contributed by atoms with Crippen molar-refractivity contribution in [3.05, 3.63) is 14.5 Å². The number of rotatable bonds is 3. The molecule has 2 aliphatic heterocycles. The number of hydrogen-bond donors (Lipinski definition) is 2. The van der Waals surface area contributed by atoms with E-state index >= 15 is 0 Å². The van der Waals surface area contributed by atoms with E-state index < -0.39 is 23.8 Å². The van der Waals surface area contributed by atoms with Gasteiger partial charge in [-0.15, -0.1) is 11.8 Å². The molecule has 2 saturated carbocycles. The summed E-state index contributed by atoms with van der Waals surface area (Å²) in [7, 11) is 0. The van der Waals surface area contributed by atoms with Gasteiger partial charge in [-0.2, -0.15) is 0 Å². The molecule has 1 aromatic heterocycles. The first-order valence-corrected chi connectivity index (χ1v) is 11.7. The van der Waals surface area contributed by atoms with Gasteiger partial charge in [0.05, 0.1) is 16.9 Å². The van der Waals surface area contributed by atoms with Gasteiger partial charge in [0.1, 0.15) is 6.04 Å². The van der Waals surface area contributed by atoms with Gasteiger partial charge in [-0.25, -0.2) is 4.79 Å². The molecule has 0 spiro atoms. The van der Waals surface area contributed by atoms with Gasteiger partial charge >= 0.3 is 10.8 Å². The Morgan fingerprint density at radius 2 is 1.79 bits per heavy atom. The van der Waals surface area contributed by atoms with E-state index in [0.717, 1.165) is 21.2 Å². The minimum absolute atomic E-state index is 0.0406. The molecule has 2 N–H and O–H groups in total. The van der Waals surface area contributed by atoms with E-state index in [4.69, 9.17) is 0 Å². The summed E-state index contributed by atoms with van der Waals surface area (Å²) in [6.45, 7) is 7.73. The highest BCUT2D eigenvalue weighted by Crippen LogP contribution is 2.69. The van der Waals surface area contributed by atoms with E-state index in [0.29, 0.717) is 0 Å². The van der Waals surface area contributed by atoms with Gasteiger partial charge in [0, 0.05) is 15.5 Å². The zero-order valence-electron chi connectivity index (χ0n) is 16.7. The summed E-state index contributed by atoms with van der Waals surface area (Å²) in [5.74, 6) is -2.66. The van der Waals surface area contributed by atoms with Crippen molar-refractivity contribution in [1.29, 1.82) is 0 Å². The highest BCUT2D eigenvalue weighted by Gasteiger charge is 2.71. The van der Waals surface area contributed by atoms with Crippen LogP contribution in [0.4, 0.5) is 0 Å². The summed E-state index contributed by atoms with van der Waals surface area (Å²) >= 11 is 2.89. The molecule has 3 fully saturated rings. The predicted molar refractivity (Wildman–Crippen MR) is 108 cm³/mol. The van der Waals surface area contributed by atoms with Crippen LogP contribution in [0.3, 0.4) is 0 Å². The van der Waals surface area contributed by atoms with Crippen molar-refractivity contribution in [2.75, 3.05) is 0 Å². The first kappa shape index (κ1) is 19.4. The Hall–Kier alpha value is -1.61. The number of hydrogen-bond acceptors (Lipinski definition) is 6. The normalized spacial score (nSPS) is 37.6. The molecule has 0 aromatic carbocycles. The largest absolute Gasteiger partial charge is 0.480 e. The van der Waals surface area contributed by atoms with Crippen molar-refractivity contribution in [2.24, 2.45) is 35.5 Å². The second kappa shape index (κ2) is 5.97. The van der Waals surface area contributed by atoms with Crippen molar-refractivity contribution in [1.82, 2.24) is 9.88 Å². The molecule has 1 aromatic rings. The summed E-state index contributed by atoms with van der Waals surface area (Å²) in [6, 6.07) is -1.11. The highest BCUT2D eigenvalue weighted by molar-refractivity contribution is 8.00. The lowest BCUT2D eigenvalue weighted by atomic mass is 9.64. The predicted octanol–water partition coefficient (Wildman–Crippen LogP) is 2.16. The van der Waals surface area contributed by atoms with E-state index in [1.54, 1.807) is 25.6 Å². The van der Waals surface area contributed by atoms with E-state index in [-0.39, 0.29) is 51.0 Å². The molecule has 7 nitrogen and oxygen atoms in total. The smallest absolute Gasteiger partial charge is 0.327 e. The lowest BCUT2D eigenvalue weighted by molar-refractivity contribution is -0.157. The van der Waals surface area contributed by atoms with Gasteiger partial charge in [-0.1, -0.05) is 39.0 Å². The third-order valence-corrected chi connectivity index (χ3v) is 10.4. The topological polar surface area (TPSA) is 108 Å². The minimum Gasteiger partial charge on any atom is -0.480 e. The Balaban J connectivity index is 1.56. The van der Waals surface area contributed by atoms with Gasteiger partial charge in [0.25, 0.3) is 0 Å². The number of fused-ring (bicyclic) bond motifs is 9. The third-order valence-electron chi connectivity index (χ3n) is 7.59. The van der Waals surface area contributed by atoms with Crippen LogP contribution < -0.4 is 4.87 Å². The van der Waals surface area contributed by atoms with Gasteiger partial charge in [0.2, 0.25) is 11.8 Å². The number of carbonyl (C=O) groups is 3. The molecule has 156 valence electrons. The maximum atomic E-state index is 13.4. The zero-order chi connectivity index (χ0) is 21.0. The molecule has 2 amide bonds. The standard InChI is InChI=1S/C20H24N2O5S2/c1-6(2)12(18(25)26)22-16(23)9-7-5-8(10(9)17(22)24)13-11(7)20(3,4)14-15(28-13)21-19(27)29-14/h6-13H,5H2,1-4H3,(H,21,27)(H,25,26)/t7-,8+,9-,10+,11-,12-,13-/m1/s1. The molecule has 0 radical (unpaired) electrons. The number of thiazole rings is 1. The number of H-pyrrole nitrogens is 1. The van der Waals surface area contributed by atoms with Crippen molar-refractivity contribution in [3.8, 4) is 0 Å². The van der Waals surface area contributed by atoms with Crippen molar-refractivity contribution in [3.63, 3.8) is 0 Å². The van der Waals surface area contributed by atoms with Gasteiger partial charge in [-0.05, 0) is 30.1 Å². The number of aromatic amines is 1. The second-order valence-electron chi connectivity index (χ2n) is 9.69. The quantitative estimate of drug-likeness (QED) is 0.703. The number of nitrogens with one attached hydrogen (secondary N) is 1. The van der Waals surface area contributed by atoms with Gasteiger partial charge in [-0.3, -0.25) is 19.3 Å². The Bertz CT molecular complexity index is 995. The SMILES string of the molecule is CC(C)[C@H](C(=O)O)N1C(=O)[C@@H]2[C@H]3C[C@H]([C@H]4Sc5[nH]c(=O)sc5C(C)(C)[C@H]34)[C@@H]2C1=O. The minimum atomic E-state index is -1.12. The van der Waals surface area contributed by atoms with E-state index in [9.17, 15) is 24.3 Å². The second-order valence-corrected chi connectivity index (χ2v) is 11.9. The van der Waals surface area contributed by atoms with Crippen LogP contribution in [0.15, 0.2) is 9.82 Å². The number of amides is 2. The fourth-order valence-electron chi connectivity index (χ4n) is 6.64. The maximum Gasteiger partial charge on any atom is 0.327 e. The fraction of sp³-hybridized carbons (Fsp3) is 0.700. The summed E-state index contributed by atoms with van der Waals surface area (Å²) in [5.41, 5.74) is -0.263. The van der Waals surface area contributed by atoms with Crippen LogP contribution in [0.5, 0.6) is 0 Å². The lowest BCUT2D eigenvalue weighted by Crippen LogP contribution is -2.49. The first-order valence-electron chi connectivity index (χ1n) is 10.1. The van der Waals surface area contributed by atoms with Crippen molar-refractivity contribution in [2.45, 2.75) is 55.8 Å². The fourth-order valence-corrected chi connectivity index (χ4v) is 9.80. The molecule has 7 atom stereocenters. The summed E-state index contributed by atoms with van der Waals surface area (Å²) in [4.78, 5) is 55.4. The van der Waals surface area contributed by atoms with E-state index in [2.05, 4.69) is 18.8 Å². The molecule has 1 saturated heterocycles. The number of aromatic nitrogens is 1. The number of nitrogens with zero attached hydrogens (tertiary/aromatic N) is 1. The maximum absolute atomic E-state index is 13.4. The average Bonchev–Trinajstić information content (AvgIpc) is 3.32. The number of carboxylic acids is 1. The summed E-state index contributed by atoms with van der Waals surface area (Å²) < 4.78 is 0. The molecule has 2 aliphatic carbocycles. The van der Waals surface area contributed by atoms with Gasteiger partial charge < -0.3 is 10.1 Å². The number of likely N-dealkylation sites (tertiary alicyclic amines) is 1. The zero-order valence-corrected chi connectivity index (χ0v) is 18.3. The van der Waals surface area contributed by atoms with Crippen LogP contribution in [-0.2, 0) is 19.8 Å². The van der Waals surface area contributed by atoms with Crippen LogP contribution in [0.1, 0.15) is 39.0 Å². The van der Waals surface area contributed by atoms with E-state index in [1.165, 1.54) is 11.3 Å². The number of carbonyl (C=O) groups excluding carboxylic acids is 2. The van der Waals surface area contributed by atoms with Crippen LogP contribution in [0, 0.1) is 35.5 Å². The molecule has 2 bridgehead atoms. The highest BCUT2D eigenvalue weighted by atomic mass is 32.2. The summed E-state index contributed by atoms with van der Waals surface area (Å²) in [5, 5.41) is 10.7.